The van der Waals surface area contributed by atoms with Gasteiger partial charge >= 0.3 is 5.97 Å². The van der Waals surface area contributed by atoms with E-state index in [0.29, 0.717) is 31.3 Å². The summed E-state index contributed by atoms with van der Waals surface area (Å²) >= 11 is 2.31. The van der Waals surface area contributed by atoms with Gasteiger partial charge in [0.1, 0.15) is 14.8 Å². The molecule has 0 aliphatic rings. The topological polar surface area (TPSA) is 94.1 Å². The first-order valence-electron chi connectivity index (χ1n) is 6.83. The van der Waals surface area contributed by atoms with E-state index in [1.807, 2.05) is 18.2 Å². The van der Waals surface area contributed by atoms with E-state index in [0.717, 1.165) is 11.3 Å². The number of rotatable bonds is 4. The number of aromatic nitrogens is 3. The van der Waals surface area contributed by atoms with Gasteiger partial charge in [0, 0.05) is 6.20 Å². The molecule has 0 aliphatic heterocycles. The third kappa shape index (κ3) is 3.31. The van der Waals surface area contributed by atoms with Crippen molar-refractivity contribution in [2.75, 3.05) is 12.4 Å². The largest absolute Gasteiger partial charge is 0.465 e. The molecule has 3 aromatic rings. The average molecular weight is 360 g/mol. The van der Waals surface area contributed by atoms with Crippen molar-refractivity contribution in [1.29, 1.82) is 0 Å². The van der Waals surface area contributed by atoms with Gasteiger partial charge in [-0.05, 0) is 19.1 Å². The summed E-state index contributed by atoms with van der Waals surface area (Å²) in [6.07, 6.45) is 3.04. The number of carbonyl (C=O) groups is 2. The second-order valence-electron chi connectivity index (χ2n) is 4.62. The highest BCUT2D eigenvalue weighted by Gasteiger charge is 2.19. The van der Waals surface area contributed by atoms with Crippen LogP contribution in [-0.2, 0) is 4.74 Å². The highest BCUT2D eigenvalue weighted by Crippen LogP contribution is 2.27. The fraction of sp³-hybridized carbons (Fsp3) is 0.133. The second-order valence-corrected chi connectivity index (χ2v) is 6.65. The Morgan fingerprint density at radius 2 is 2.04 bits per heavy atom. The van der Waals surface area contributed by atoms with Crippen molar-refractivity contribution < 1.29 is 14.3 Å². The lowest BCUT2D eigenvalue weighted by Gasteiger charge is -1.98. The molecule has 0 spiro atoms. The van der Waals surface area contributed by atoms with Gasteiger partial charge in [-0.2, -0.15) is 0 Å². The molecule has 0 saturated carbocycles. The fourth-order valence-corrected chi connectivity index (χ4v) is 3.55. The van der Waals surface area contributed by atoms with Crippen molar-refractivity contribution in [3.63, 3.8) is 0 Å². The number of thiazole rings is 2. The van der Waals surface area contributed by atoms with Crippen LogP contribution in [0.2, 0.25) is 0 Å². The van der Waals surface area contributed by atoms with Gasteiger partial charge < -0.3 is 4.74 Å². The summed E-state index contributed by atoms with van der Waals surface area (Å²) in [6.45, 7) is 1.76. The van der Waals surface area contributed by atoms with E-state index in [4.69, 9.17) is 0 Å². The smallest absolute Gasteiger partial charge is 0.349 e. The third-order valence-corrected chi connectivity index (χ3v) is 5.07. The van der Waals surface area contributed by atoms with Crippen LogP contribution in [-0.4, -0.2) is 33.9 Å². The van der Waals surface area contributed by atoms with Crippen molar-refractivity contribution in [2.24, 2.45) is 0 Å². The van der Waals surface area contributed by atoms with Crippen LogP contribution in [0.3, 0.4) is 0 Å². The molecule has 3 rings (SSSR count). The lowest BCUT2D eigenvalue weighted by atomic mass is 10.3. The maximum Gasteiger partial charge on any atom is 0.349 e. The fourth-order valence-electron chi connectivity index (χ4n) is 1.89. The molecular formula is C15H12N4O3S2. The van der Waals surface area contributed by atoms with E-state index < -0.39 is 5.97 Å². The molecule has 7 nitrogen and oxygen atoms in total. The number of amides is 1. The molecule has 0 saturated heterocycles. The third-order valence-electron chi connectivity index (χ3n) is 3.00. The van der Waals surface area contributed by atoms with Crippen molar-refractivity contribution in [3.8, 4) is 10.7 Å². The van der Waals surface area contributed by atoms with Gasteiger partial charge in [0.15, 0.2) is 5.13 Å². The quantitative estimate of drug-likeness (QED) is 0.719. The maximum atomic E-state index is 12.4. The van der Waals surface area contributed by atoms with Gasteiger partial charge in [-0.25, -0.2) is 14.8 Å². The zero-order valence-corrected chi connectivity index (χ0v) is 14.4. The molecule has 0 atom stereocenters. The molecule has 1 amide bonds. The Morgan fingerprint density at radius 1 is 1.21 bits per heavy atom. The van der Waals surface area contributed by atoms with Crippen LogP contribution in [0, 0.1) is 6.92 Å². The van der Waals surface area contributed by atoms with E-state index in [-0.39, 0.29) is 5.91 Å². The Bertz CT molecular complexity index is 889. The first kappa shape index (κ1) is 16.2. The summed E-state index contributed by atoms with van der Waals surface area (Å²) < 4.78 is 4.61. The molecule has 0 aromatic carbocycles. The highest BCUT2D eigenvalue weighted by atomic mass is 32.1. The molecule has 0 bridgehead atoms. The maximum absolute atomic E-state index is 12.4. The summed E-state index contributed by atoms with van der Waals surface area (Å²) in [4.78, 5) is 37.3. The zero-order chi connectivity index (χ0) is 17.1. The van der Waals surface area contributed by atoms with Crippen molar-refractivity contribution in [1.82, 2.24) is 15.0 Å². The number of pyridine rings is 1. The number of esters is 1. The Labute approximate surface area is 145 Å². The molecule has 3 aromatic heterocycles. The number of nitrogens with zero attached hydrogens (tertiary/aromatic N) is 3. The van der Waals surface area contributed by atoms with Crippen LogP contribution >= 0.6 is 22.7 Å². The molecular weight excluding hydrogens is 348 g/mol. The minimum atomic E-state index is -0.487. The van der Waals surface area contributed by atoms with Crippen LogP contribution in [0.5, 0.6) is 0 Å². The first-order valence-corrected chi connectivity index (χ1v) is 8.46. The first-order chi connectivity index (χ1) is 11.6. The normalized spacial score (nSPS) is 10.4. The van der Waals surface area contributed by atoms with Gasteiger partial charge in [-0.1, -0.05) is 17.4 Å². The number of nitrogens with one attached hydrogen (secondary N) is 1. The van der Waals surface area contributed by atoms with Crippen molar-refractivity contribution >= 4 is 39.7 Å². The summed E-state index contributed by atoms with van der Waals surface area (Å²) in [7, 11) is 1.29. The SMILES string of the molecule is COC(=O)c1cnc(NC(=O)c2sc(-c3ccccn3)nc2C)s1. The number of carbonyl (C=O) groups excluding carboxylic acids is 2. The van der Waals surface area contributed by atoms with Gasteiger partial charge in [0.05, 0.1) is 24.7 Å². The summed E-state index contributed by atoms with van der Waals surface area (Å²) in [5, 5.41) is 3.67. The number of aryl methyl sites for hydroxylation is 1. The average Bonchev–Trinajstić information content (AvgIpc) is 3.21. The van der Waals surface area contributed by atoms with Crippen molar-refractivity contribution in [3.05, 3.63) is 46.0 Å². The Hall–Kier alpha value is -2.65. The number of methoxy groups -OCH3 is 1. The summed E-state index contributed by atoms with van der Waals surface area (Å²) in [5.74, 6) is -0.808. The number of hydrogen-bond acceptors (Lipinski definition) is 8. The lowest BCUT2D eigenvalue weighted by molar-refractivity contribution is 0.0606. The molecule has 0 fully saturated rings. The predicted octanol–water partition coefficient (Wildman–Crippen LogP) is 3.01. The minimum Gasteiger partial charge on any atom is -0.465 e. The Balaban J connectivity index is 1.79. The minimum absolute atomic E-state index is 0.321. The van der Waals surface area contributed by atoms with Crippen LogP contribution < -0.4 is 5.32 Å². The number of anilines is 1. The second kappa shape index (κ2) is 6.85. The van der Waals surface area contributed by atoms with E-state index in [9.17, 15) is 9.59 Å². The Kier molecular flexibility index (Phi) is 4.63. The molecule has 1 N–H and O–H groups in total. The molecule has 9 heteroatoms. The van der Waals surface area contributed by atoms with Crippen LogP contribution in [0.25, 0.3) is 10.7 Å². The van der Waals surface area contributed by atoms with Crippen molar-refractivity contribution in [2.45, 2.75) is 6.92 Å². The lowest BCUT2D eigenvalue weighted by Crippen LogP contribution is -2.11. The van der Waals surface area contributed by atoms with E-state index in [1.54, 1.807) is 13.1 Å². The monoisotopic (exact) mass is 360 g/mol. The zero-order valence-electron chi connectivity index (χ0n) is 12.8. The van der Waals surface area contributed by atoms with Gasteiger partial charge in [0.25, 0.3) is 5.91 Å². The summed E-state index contributed by atoms with van der Waals surface area (Å²) in [6, 6.07) is 5.52. The molecule has 0 aliphatic carbocycles. The molecule has 24 heavy (non-hydrogen) atoms. The van der Waals surface area contributed by atoms with E-state index in [1.165, 1.54) is 24.6 Å². The predicted molar refractivity (Wildman–Crippen MR) is 91.5 cm³/mol. The molecule has 122 valence electrons. The van der Waals surface area contributed by atoms with Crippen LogP contribution in [0.15, 0.2) is 30.6 Å². The summed E-state index contributed by atoms with van der Waals surface area (Å²) in [5.41, 5.74) is 1.33. The van der Waals surface area contributed by atoms with Crippen LogP contribution in [0.1, 0.15) is 25.0 Å². The number of ether oxygens (including phenoxy) is 1. The van der Waals surface area contributed by atoms with E-state index >= 15 is 0 Å². The molecule has 3 heterocycles. The van der Waals surface area contributed by atoms with Gasteiger partial charge in [-0.3, -0.25) is 15.1 Å². The van der Waals surface area contributed by atoms with E-state index in [2.05, 4.69) is 25.0 Å². The Morgan fingerprint density at radius 3 is 2.75 bits per heavy atom. The standard InChI is InChI=1S/C15H12N4O3S2/c1-8-11(24-13(18-8)9-5-3-4-6-16-9)12(20)19-15-17-7-10(23-15)14(21)22-2/h3-7H,1-2H3,(H,17,19,20). The molecule has 0 unspecified atom stereocenters. The number of hydrogen-bond donors (Lipinski definition) is 1. The van der Waals surface area contributed by atoms with Crippen LogP contribution in [0.4, 0.5) is 5.13 Å². The van der Waals surface area contributed by atoms with Gasteiger partial charge in [-0.15, -0.1) is 11.3 Å². The van der Waals surface area contributed by atoms with Gasteiger partial charge in [0.2, 0.25) is 0 Å². The highest BCUT2D eigenvalue weighted by molar-refractivity contribution is 7.18. The molecule has 0 radical (unpaired) electrons.